The Balaban J connectivity index is 0. The molecule has 2 N–H and O–H groups in total. The van der Waals surface area contributed by atoms with Crippen molar-refractivity contribution in [2.45, 2.75) is 40.2 Å². The summed E-state index contributed by atoms with van der Waals surface area (Å²) in [5, 5.41) is 17.3. The second-order valence-corrected chi connectivity index (χ2v) is 2.32. The van der Waals surface area contributed by atoms with E-state index in [0.29, 0.717) is 6.42 Å². The van der Waals surface area contributed by atoms with Crippen LogP contribution in [0.25, 0.3) is 0 Å². The number of aliphatic hydroxyl groups is 2. The molecule has 0 aromatic carbocycles. The Morgan fingerprint density at radius 1 is 1.20 bits per heavy atom. The van der Waals surface area contributed by atoms with Crippen LogP contribution < -0.4 is 0 Å². The van der Waals surface area contributed by atoms with Gasteiger partial charge >= 0.3 is 0 Å². The summed E-state index contributed by atoms with van der Waals surface area (Å²) < 4.78 is 0. The van der Waals surface area contributed by atoms with Crippen molar-refractivity contribution in [1.29, 1.82) is 0 Å². The first-order valence-corrected chi connectivity index (χ1v) is 3.97. The summed E-state index contributed by atoms with van der Waals surface area (Å²) in [5.74, 6) is 0.266. The SMILES string of the molecule is CC.CC(C)C(O)CCO. The van der Waals surface area contributed by atoms with Crippen molar-refractivity contribution in [2.75, 3.05) is 6.61 Å². The average molecular weight is 148 g/mol. The molecule has 2 heteroatoms. The Kier molecular flexibility index (Phi) is 11.2. The van der Waals surface area contributed by atoms with Crippen molar-refractivity contribution < 1.29 is 10.2 Å². The van der Waals surface area contributed by atoms with Crippen LogP contribution in [0, 0.1) is 5.92 Å². The molecule has 0 heterocycles. The topological polar surface area (TPSA) is 40.5 Å². The summed E-state index contributed by atoms with van der Waals surface area (Å²) in [6.07, 6.45) is 0.164. The molecular formula is C8H20O2. The van der Waals surface area contributed by atoms with Crippen LogP contribution in [0.1, 0.15) is 34.1 Å². The van der Waals surface area contributed by atoms with Gasteiger partial charge in [-0.3, -0.25) is 0 Å². The average Bonchev–Trinajstić information content (AvgIpc) is 1.93. The van der Waals surface area contributed by atoms with Gasteiger partial charge in [-0.2, -0.15) is 0 Å². The van der Waals surface area contributed by atoms with Gasteiger partial charge in [-0.25, -0.2) is 0 Å². The quantitative estimate of drug-likeness (QED) is 0.635. The highest BCUT2D eigenvalue weighted by molar-refractivity contribution is 4.57. The molecule has 0 spiro atoms. The minimum absolute atomic E-state index is 0.0827. The summed E-state index contributed by atoms with van der Waals surface area (Å²) in [7, 11) is 0. The Morgan fingerprint density at radius 3 is 1.70 bits per heavy atom. The van der Waals surface area contributed by atoms with Gasteiger partial charge in [0, 0.05) is 6.61 Å². The van der Waals surface area contributed by atoms with Crippen molar-refractivity contribution in [3.05, 3.63) is 0 Å². The van der Waals surface area contributed by atoms with Gasteiger partial charge in [0.1, 0.15) is 0 Å². The first kappa shape index (κ1) is 12.6. The van der Waals surface area contributed by atoms with E-state index in [1.54, 1.807) is 0 Å². The van der Waals surface area contributed by atoms with Gasteiger partial charge in [0.15, 0.2) is 0 Å². The van der Waals surface area contributed by atoms with Gasteiger partial charge in [-0.05, 0) is 12.3 Å². The second kappa shape index (κ2) is 8.92. The van der Waals surface area contributed by atoms with E-state index in [2.05, 4.69) is 0 Å². The molecule has 2 nitrogen and oxygen atoms in total. The maximum atomic E-state index is 8.97. The van der Waals surface area contributed by atoms with Crippen LogP contribution in [-0.4, -0.2) is 22.9 Å². The Labute approximate surface area is 63.9 Å². The third-order valence-electron chi connectivity index (χ3n) is 1.19. The summed E-state index contributed by atoms with van der Waals surface area (Å²) in [6, 6.07) is 0. The third kappa shape index (κ3) is 7.92. The van der Waals surface area contributed by atoms with E-state index >= 15 is 0 Å². The summed E-state index contributed by atoms with van der Waals surface area (Å²) in [5.41, 5.74) is 0. The lowest BCUT2D eigenvalue weighted by Gasteiger charge is -2.11. The highest BCUT2D eigenvalue weighted by atomic mass is 16.3. The van der Waals surface area contributed by atoms with Crippen molar-refractivity contribution in [3.8, 4) is 0 Å². The Morgan fingerprint density at radius 2 is 1.60 bits per heavy atom. The van der Waals surface area contributed by atoms with Gasteiger partial charge in [-0.1, -0.05) is 27.7 Å². The molecule has 0 aliphatic heterocycles. The molecule has 0 bridgehead atoms. The van der Waals surface area contributed by atoms with Crippen molar-refractivity contribution >= 4 is 0 Å². The minimum atomic E-state index is -0.333. The molecule has 0 amide bonds. The van der Waals surface area contributed by atoms with Gasteiger partial charge in [0.2, 0.25) is 0 Å². The molecule has 0 aromatic rings. The first-order chi connectivity index (χ1) is 4.68. The number of rotatable bonds is 3. The molecule has 0 saturated heterocycles. The largest absolute Gasteiger partial charge is 0.396 e. The van der Waals surface area contributed by atoms with Gasteiger partial charge < -0.3 is 10.2 Å². The summed E-state index contributed by atoms with van der Waals surface area (Å²) in [4.78, 5) is 0. The van der Waals surface area contributed by atoms with Gasteiger partial charge in [-0.15, -0.1) is 0 Å². The predicted octanol–water partition coefficient (Wildman–Crippen LogP) is 1.41. The highest BCUT2D eigenvalue weighted by Gasteiger charge is 2.06. The van der Waals surface area contributed by atoms with Crippen LogP contribution in [0.5, 0.6) is 0 Å². The lowest BCUT2D eigenvalue weighted by molar-refractivity contribution is 0.0931. The maximum absolute atomic E-state index is 8.97. The Bertz CT molecular complexity index is 53.2. The molecule has 0 aliphatic rings. The van der Waals surface area contributed by atoms with E-state index in [1.165, 1.54) is 0 Å². The fraction of sp³-hybridized carbons (Fsp3) is 1.00. The van der Waals surface area contributed by atoms with Gasteiger partial charge in [0.25, 0.3) is 0 Å². The first-order valence-electron chi connectivity index (χ1n) is 3.97. The summed E-state index contributed by atoms with van der Waals surface area (Å²) in [6.45, 7) is 7.94. The van der Waals surface area contributed by atoms with Crippen molar-refractivity contribution in [1.82, 2.24) is 0 Å². The molecule has 0 radical (unpaired) electrons. The predicted molar refractivity (Wildman–Crippen MR) is 43.9 cm³/mol. The van der Waals surface area contributed by atoms with E-state index < -0.39 is 0 Å². The van der Waals surface area contributed by atoms with Crippen LogP contribution in [0.2, 0.25) is 0 Å². The smallest absolute Gasteiger partial charge is 0.0585 e. The minimum Gasteiger partial charge on any atom is -0.396 e. The third-order valence-corrected chi connectivity index (χ3v) is 1.19. The highest BCUT2D eigenvalue weighted by Crippen LogP contribution is 2.03. The lowest BCUT2D eigenvalue weighted by atomic mass is 10.1. The molecular weight excluding hydrogens is 128 g/mol. The normalized spacial score (nSPS) is 12.3. The van der Waals surface area contributed by atoms with Crippen molar-refractivity contribution in [3.63, 3.8) is 0 Å². The summed E-state index contributed by atoms with van der Waals surface area (Å²) >= 11 is 0. The number of hydrogen-bond donors (Lipinski definition) is 2. The van der Waals surface area contributed by atoms with Crippen LogP contribution in [0.15, 0.2) is 0 Å². The number of aliphatic hydroxyl groups excluding tert-OH is 2. The fourth-order valence-electron chi connectivity index (χ4n) is 0.466. The molecule has 0 saturated carbocycles. The zero-order chi connectivity index (χ0) is 8.57. The van der Waals surface area contributed by atoms with Crippen molar-refractivity contribution in [2.24, 2.45) is 5.92 Å². The fourth-order valence-corrected chi connectivity index (χ4v) is 0.466. The Hall–Kier alpha value is -0.0800. The van der Waals surface area contributed by atoms with E-state index in [9.17, 15) is 0 Å². The van der Waals surface area contributed by atoms with Gasteiger partial charge in [0.05, 0.1) is 6.10 Å². The molecule has 0 rings (SSSR count). The molecule has 10 heavy (non-hydrogen) atoms. The molecule has 64 valence electrons. The van der Waals surface area contributed by atoms with E-state index in [1.807, 2.05) is 27.7 Å². The zero-order valence-electron chi connectivity index (χ0n) is 7.46. The molecule has 0 aliphatic carbocycles. The van der Waals surface area contributed by atoms with E-state index in [0.717, 1.165) is 0 Å². The second-order valence-electron chi connectivity index (χ2n) is 2.32. The van der Waals surface area contributed by atoms with Crippen LogP contribution in [0.3, 0.4) is 0 Å². The van der Waals surface area contributed by atoms with Crippen LogP contribution >= 0.6 is 0 Å². The van der Waals surface area contributed by atoms with Crippen LogP contribution in [0.4, 0.5) is 0 Å². The zero-order valence-corrected chi connectivity index (χ0v) is 7.46. The molecule has 1 atom stereocenters. The molecule has 0 aromatic heterocycles. The monoisotopic (exact) mass is 148 g/mol. The van der Waals surface area contributed by atoms with E-state index in [4.69, 9.17) is 10.2 Å². The maximum Gasteiger partial charge on any atom is 0.0585 e. The lowest BCUT2D eigenvalue weighted by Crippen LogP contribution is -2.15. The molecule has 1 unspecified atom stereocenters. The standard InChI is InChI=1S/C6H14O2.C2H6/c1-5(2)6(8)3-4-7;1-2/h5-8H,3-4H2,1-2H3;1-2H3. The molecule has 0 fully saturated rings. The van der Waals surface area contributed by atoms with Crippen LogP contribution in [-0.2, 0) is 0 Å². The van der Waals surface area contributed by atoms with E-state index in [-0.39, 0.29) is 18.6 Å². The number of hydrogen-bond acceptors (Lipinski definition) is 2.